The van der Waals surface area contributed by atoms with Crippen LogP contribution in [-0.2, 0) is 0 Å². The van der Waals surface area contributed by atoms with Crippen molar-refractivity contribution >= 4 is 34.0 Å². The minimum atomic E-state index is -0.360. The van der Waals surface area contributed by atoms with Gasteiger partial charge in [-0.25, -0.2) is 4.98 Å². The van der Waals surface area contributed by atoms with Crippen LogP contribution in [0, 0.1) is 13.8 Å². The van der Waals surface area contributed by atoms with Crippen LogP contribution in [0.1, 0.15) is 21.7 Å². The standard InChI is InChI=1S/C22H18ClN3O3S/c1-12-8-9-18(28-3)15(10-12)17-11-30-22(24-17)25-21(27)19-13(2)29-26-20(19)14-6-4-5-7-16(14)23/h4-11H,1-3H3,(H,24,25,27). The molecule has 0 spiro atoms. The van der Waals surface area contributed by atoms with E-state index >= 15 is 0 Å². The number of anilines is 1. The molecule has 152 valence electrons. The molecule has 1 amide bonds. The lowest BCUT2D eigenvalue weighted by molar-refractivity contribution is 0.102. The number of methoxy groups -OCH3 is 1. The molecule has 2 aromatic heterocycles. The molecule has 0 radical (unpaired) electrons. The number of aromatic nitrogens is 2. The monoisotopic (exact) mass is 439 g/mol. The summed E-state index contributed by atoms with van der Waals surface area (Å²) in [6.45, 7) is 3.69. The van der Waals surface area contributed by atoms with E-state index < -0.39 is 0 Å². The summed E-state index contributed by atoms with van der Waals surface area (Å²) < 4.78 is 10.7. The molecule has 1 N–H and O–H groups in total. The van der Waals surface area contributed by atoms with Gasteiger partial charge in [0.2, 0.25) is 0 Å². The summed E-state index contributed by atoms with van der Waals surface area (Å²) in [4.78, 5) is 17.6. The van der Waals surface area contributed by atoms with Crippen molar-refractivity contribution < 1.29 is 14.1 Å². The molecule has 6 nitrogen and oxygen atoms in total. The Bertz CT molecular complexity index is 1230. The fraction of sp³-hybridized carbons (Fsp3) is 0.136. The van der Waals surface area contributed by atoms with Crippen molar-refractivity contribution in [1.82, 2.24) is 10.1 Å². The number of carbonyl (C=O) groups is 1. The summed E-state index contributed by atoms with van der Waals surface area (Å²) in [5.74, 6) is 0.764. The fourth-order valence-corrected chi connectivity index (χ4v) is 4.04. The maximum Gasteiger partial charge on any atom is 0.263 e. The van der Waals surface area contributed by atoms with Crippen LogP contribution in [0.5, 0.6) is 5.75 Å². The fourth-order valence-electron chi connectivity index (χ4n) is 3.11. The molecule has 2 aromatic carbocycles. The maximum absolute atomic E-state index is 13.0. The highest BCUT2D eigenvalue weighted by atomic mass is 35.5. The second kappa shape index (κ2) is 8.30. The van der Waals surface area contributed by atoms with E-state index in [-0.39, 0.29) is 5.91 Å². The third-order valence-corrected chi connectivity index (χ3v) is 5.66. The highest BCUT2D eigenvalue weighted by molar-refractivity contribution is 7.14. The van der Waals surface area contributed by atoms with Crippen LogP contribution in [0.4, 0.5) is 5.13 Å². The van der Waals surface area contributed by atoms with E-state index in [2.05, 4.69) is 15.5 Å². The number of aryl methyl sites for hydroxylation is 2. The minimum absolute atomic E-state index is 0.327. The minimum Gasteiger partial charge on any atom is -0.496 e. The molecular formula is C22H18ClN3O3S. The zero-order chi connectivity index (χ0) is 21.3. The Morgan fingerprint density at radius 1 is 1.17 bits per heavy atom. The van der Waals surface area contributed by atoms with Gasteiger partial charge >= 0.3 is 0 Å². The van der Waals surface area contributed by atoms with Gasteiger partial charge in [-0.15, -0.1) is 11.3 Å². The first-order chi connectivity index (χ1) is 14.5. The number of halogens is 1. The number of rotatable bonds is 5. The van der Waals surface area contributed by atoms with Crippen molar-refractivity contribution in [3.63, 3.8) is 0 Å². The van der Waals surface area contributed by atoms with Gasteiger partial charge in [0.1, 0.15) is 22.8 Å². The van der Waals surface area contributed by atoms with Gasteiger partial charge in [0.15, 0.2) is 5.13 Å². The van der Waals surface area contributed by atoms with E-state index in [1.807, 2.05) is 42.6 Å². The molecule has 0 unspecified atom stereocenters. The first kappa shape index (κ1) is 20.1. The Kier molecular flexibility index (Phi) is 5.57. The number of amides is 1. The lowest BCUT2D eigenvalue weighted by Gasteiger charge is -2.07. The molecule has 2 heterocycles. The second-order valence-electron chi connectivity index (χ2n) is 6.64. The van der Waals surface area contributed by atoms with Gasteiger partial charge in [0.05, 0.1) is 17.8 Å². The number of carbonyl (C=O) groups excluding carboxylic acids is 1. The normalized spacial score (nSPS) is 10.8. The van der Waals surface area contributed by atoms with Crippen molar-refractivity contribution in [3.05, 3.63) is 69.8 Å². The van der Waals surface area contributed by atoms with Crippen molar-refractivity contribution in [3.8, 4) is 28.3 Å². The molecule has 0 fully saturated rings. The van der Waals surface area contributed by atoms with Gasteiger partial charge in [-0.3, -0.25) is 10.1 Å². The zero-order valence-corrected chi connectivity index (χ0v) is 18.1. The molecular weight excluding hydrogens is 422 g/mol. The average Bonchev–Trinajstić information content (AvgIpc) is 3.35. The molecule has 0 bridgehead atoms. The summed E-state index contributed by atoms with van der Waals surface area (Å²) in [6, 6.07) is 13.1. The summed E-state index contributed by atoms with van der Waals surface area (Å²) in [5, 5.41) is 9.71. The highest BCUT2D eigenvalue weighted by Gasteiger charge is 2.24. The largest absolute Gasteiger partial charge is 0.496 e. The summed E-state index contributed by atoms with van der Waals surface area (Å²) >= 11 is 7.61. The van der Waals surface area contributed by atoms with E-state index in [1.54, 1.807) is 26.2 Å². The number of benzene rings is 2. The first-order valence-electron chi connectivity index (χ1n) is 9.11. The average molecular weight is 440 g/mol. The van der Waals surface area contributed by atoms with E-state index in [9.17, 15) is 4.79 Å². The molecule has 0 atom stereocenters. The van der Waals surface area contributed by atoms with E-state index in [0.717, 1.165) is 22.6 Å². The summed E-state index contributed by atoms with van der Waals surface area (Å²) in [5.41, 5.74) is 4.04. The molecule has 0 saturated heterocycles. The van der Waals surface area contributed by atoms with Gasteiger partial charge < -0.3 is 9.26 Å². The van der Waals surface area contributed by atoms with Crippen LogP contribution >= 0.6 is 22.9 Å². The quantitative estimate of drug-likeness (QED) is 0.413. The second-order valence-corrected chi connectivity index (χ2v) is 7.90. The van der Waals surface area contributed by atoms with Crippen LogP contribution in [0.15, 0.2) is 52.4 Å². The van der Waals surface area contributed by atoms with Crippen LogP contribution in [-0.4, -0.2) is 23.2 Å². The van der Waals surface area contributed by atoms with Gasteiger partial charge in [0, 0.05) is 16.5 Å². The van der Waals surface area contributed by atoms with Crippen LogP contribution < -0.4 is 10.1 Å². The van der Waals surface area contributed by atoms with Gasteiger partial charge in [-0.05, 0) is 32.0 Å². The number of hydrogen-bond acceptors (Lipinski definition) is 6. The van der Waals surface area contributed by atoms with Gasteiger partial charge in [-0.2, -0.15) is 0 Å². The molecule has 0 aliphatic heterocycles. The molecule has 0 aliphatic carbocycles. The van der Waals surface area contributed by atoms with Crippen LogP contribution in [0.2, 0.25) is 5.02 Å². The van der Waals surface area contributed by atoms with Gasteiger partial charge in [0.25, 0.3) is 5.91 Å². The lowest BCUT2D eigenvalue weighted by Crippen LogP contribution is -2.13. The third-order valence-electron chi connectivity index (χ3n) is 4.57. The summed E-state index contributed by atoms with van der Waals surface area (Å²) in [6.07, 6.45) is 0. The number of nitrogens with zero attached hydrogens (tertiary/aromatic N) is 2. The lowest BCUT2D eigenvalue weighted by atomic mass is 10.1. The molecule has 4 rings (SSSR count). The van der Waals surface area contributed by atoms with Crippen LogP contribution in [0.3, 0.4) is 0 Å². The molecule has 0 aliphatic rings. The Morgan fingerprint density at radius 3 is 2.73 bits per heavy atom. The van der Waals surface area contributed by atoms with E-state index in [4.69, 9.17) is 20.9 Å². The SMILES string of the molecule is COc1ccc(C)cc1-c1csc(NC(=O)c2c(-c3ccccc3Cl)noc2C)n1. The summed E-state index contributed by atoms with van der Waals surface area (Å²) in [7, 11) is 1.62. The third kappa shape index (κ3) is 3.81. The Balaban J connectivity index is 1.64. The number of hydrogen-bond donors (Lipinski definition) is 1. The Hall–Kier alpha value is -3.16. The maximum atomic E-state index is 13.0. The van der Waals surface area contributed by atoms with Crippen molar-refractivity contribution in [1.29, 1.82) is 0 Å². The molecule has 8 heteroatoms. The van der Waals surface area contributed by atoms with Crippen molar-refractivity contribution in [2.75, 3.05) is 12.4 Å². The van der Waals surface area contributed by atoms with Crippen molar-refractivity contribution in [2.24, 2.45) is 0 Å². The molecule has 4 aromatic rings. The first-order valence-corrected chi connectivity index (χ1v) is 10.4. The smallest absolute Gasteiger partial charge is 0.263 e. The zero-order valence-electron chi connectivity index (χ0n) is 16.5. The molecule has 30 heavy (non-hydrogen) atoms. The van der Waals surface area contributed by atoms with Crippen LogP contribution in [0.25, 0.3) is 22.5 Å². The van der Waals surface area contributed by atoms with Gasteiger partial charge in [-0.1, -0.05) is 46.6 Å². The number of ether oxygens (including phenoxy) is 1. The number of thiazole rings is 1. The molecule has 0 saturated carbocycles. The van der Waals surface area contributed by atoms with E-state index in [0.29, 0.717) is 32.7 Å². The van der Waals surface area contributed by atoms with E-state index in [1.165, 1.54) is 11.3 Å². The van der Waals surface area contributed by atoms with Crippen molar-refractivity contribution in [2.45, 2.75) is 13.8 Å². The predicted octanol–water partition coefficient (Wildman–Crippen LogP) is 6.00. The Labute approximate surface area is 182 Å². The highest BCUT2D eigenvalue weighted by Crippen LogP contribution is 2.34. The predicted molar refractivity (Wildman–Crippen MR) is 118 cm³/mol. The number of nitrogens with one attached hydrogen (secondary N) is 1. The Morgan fingerprint density at radius 2 is 1.97 bits per heavy atom. The topological polar surface area (TPSA) is 77.2 Å².